The summed E-state index contributed by atoms with van der Waals surface area (Å²) in [5.41, 5.74) is 1.74. The summed E-state index contributed by atoms with van der Waals surface area (Å²) < 4.78 is 18.1. The third kappa shape index (κ3) is 3.17. The number of allylic oxidation sites excluding steroid dienone is 1. The SMILES string of the molecule is COc1ccc(Cl)cc1/C=C(/C#N)c1ccc(F)cc1. The van der Waals surface area contributed by atoms with Crippen LogP contribution < -0.4 is 4.74 Å². The van der Waals surface area contributed by atoms with Crippen molar-refractivity contribution in [1.29, 1.82) is 5.26 Å². The number of ether oxygens (including phenoxy) is 1. The van der Waals surface area contributed by atoms with Crippen LogP contribution in [0.3, 0.4) is 0 Å². The lowest BCUT2D eigenvalue weighted by Crippen LogP contribution is -1.88. The van der Waals surface area contributed by atoms with Gasteiger partial charge in [0.05, 0.1) is 18.8 Å². The smallest absolute Gasteiger partial charge is 0.126 e. The molecule has 0 aromatic heterocycles. The Morgan fingerprint density at radius 1 is 1.25 bits per heavy atom. The van der Waals surface area contributed by atoms with Crippen LogP contribution in [0.4, 0.5) is 4.39 Å². The summed E-state index contributed by atoms with van der Waals surface area (Å²) in [4.78, 5) is 0. The molecule has 0 radical (unpaired) electrons. The highest BCUT2D eigenvalue weighted by Crippen LogP contribution is 2.27. The van der Waals surface area contributed by atoms with Crippen molar-refractivity contribution in [2.75, 3.05) is 7.11 Å². The molecular weight excluding hydrogens is 277 g/mol. The van der Waals surface area contributed by atoms with Gasteiger partial charge in [0.2, 0.25) is 0 Å². The predicted molar refractivity (Wildman–Crippen MR) is 77.9 cm³/mol. The standard InChI is InChI=1S/C16H11ClFNO/c1-20-16-7-4-14(17)9-12(16)8-13(10-19)11-2-5-15(18)6-3-11/h2-9H,1H3/b13-8-. The van der Waals surface area contributed by atoms with Crippen molar-refractivity contribution in [2.45, 2.75) is 0 Å². The van der Waals surface area contributed by atoms with E-state index in [0.29, 0.717) is 27.5 Å². The van der Waals surface area contributed by atoms with E-state index in [2.05, 4.69) is 6.07 Å². The average molecular weight is 288 g/mol. The summed E-state index contributed by atoms with van der Waals surface area (Å²) in [5, 5.41) is 9.81. The lowest BCUT2D eigenvalue weighted by atomic mass is 10.0. The van der Waals surface area contributed by atoms with Gasteiger partial charge in [-0.2, -0.15) is 5.26 Å². The molecule has 2 nitrogen and oxygen atoms in total. The zero-order valence-electron chi connectivity index (χ0n) is 10.7. The number of benzene rings is 2. The number of methoxy groups -OCH3 is 1. The van der Waals surface area contributed by atoms with Crippen LogP contribution in [0.25, 0.3) is 11.6 Å². The van der Waals surface area contributed by atoms with Crippen LogP contribution >= 0.6 is 11.6 Å². The van der Waals surface area contributed by atoms with Gasteiger partial charge < -0.3 is 4.74 Å². The monoisotopic (exact) mass is 287 g/mol. The van der Waals surface area contributed by atoms with E-state index in [-0.39, 0.29) is 5.82 Å². The van der Waals surface area contributed by atoms with Gasteiger partial charge in [0.1, 0.15) is 11.6 Å². The van der Waals surface area contributed by atoms with E-state index in [0.717, 1.165) is 0 Å². The maximum Gasteiger partial charge on any atom is 0.126 e. The zero-order chi connectivity index (χ0) is 14.5. The molecule has 0 saturated heterocycles. The summed E-state index contributed by atoms with van der Waals surface area (Å²) in [5.74, 6) is 0.274. The third-order valence-electron chi connectivity index (χ3n) is 2.77. The van der Waals surface area contributed by atoms with Gasteiger partial charge in [-0.25, -0.2) is 4.39 Å². The van der Waals surface area contributed by atoms with Crippen LogP contribution in [-0.2, 0) is 0 Å². The maximum absolute atomic E-state index is 12.9. The Morgan fingerprint density at radius 2 is 1.95 bits per heavy atom. The van der Waals surface area contributed by atoms with Gasteiger partial charge >= 0.3 is 0 Å². The molecule has 100 valence electrons. The summed E-state index contributed by atoms with van der Waals surface area (Å²) in [6.45, 7) is 0. The quantitative estimate of drug-likeness (QED) is 0.613. The summed E-state index contributed by atoms with van der Waals surface area (Å²) in [6.07, 6.45) is 1.66. The van der Waals surface area contributed by atoms with Crippen molar-refractivity contribution in [1.82, 2.24) is 0 Å². The Labute approximate surface area is 121 Å². The Balaban J connectivity index is 2.49. The molecule has 0 bridgehead atoms. The highest BCUT2D eigenvalue weighted by molar-refractivity contribution is 6.30. The fraction of sp³-hybridized carbons (Fsp3) is 0.0625. The van der Waals surface area contributed by atoms with Crippen LogP contribution in [0, 0.1) is 17.1 Å². The molecule has 2 aromatic rings. The first-order valence-corrected chi connectivity index (χ1v) is 6.23. The first-order chi connectivity index (χ1) is 9.63. The summed E-state index contributed by atoms with van der Waals surface area (Å²) in [7, 11) is 1.55. The second-order valence-corrected chi connectivity index (χ2v) is 4.50. The molecule has 0 aliphatic rings. The molecule has 0 atom stereocenters. The summed E-state index contributed by atoms with van der Waals surface area (Å²) in [6, 6.07) is 13.0. The third-order valence-corrected chi connectivity index (χ3v) is 3.00. The molecule has 0 fully saturated rings. The fourth-order valence-corrected chi connectivity index (χ4v) is 1.96. The van der Waals surface area contributed by atoms with E-state index in [1.807, 2.05) is 0 Å². The number of nitriles is 1. The Morgan fingerprint density at radius 3 is 2.55 bits per heavy atom. The van der Waals surface area contributed by atoms with Gasteiger partial charge in [0.15, 0.2) is 0 Å². The van der Waals surface area contributed by atoms with Crippen molar-refractivity contribution in [3.05, 3.63) is 64.4 Å². The number of nitrogens with zero attached hydrogens (tertiary/aromatic N) is 1. The predicted octanol–water partition coefficient (Wildman–Crippen LogP) is 4.55. The van der Waals surface area contributed by atoms with Crippen LogP contribution in [0.5, 0.6) is 5.75 Å². The van der Waals surface area contributed by atoms with Crippen LogP contribution in [0.1, 0.15) is 11.1 Å². The minimum atomic E-state index is -0.341. The molecule has 2 aromatic carbocycles. The average Bonchev–Trinajstić information content (AvgIpc) is 2.46. The molecule has 0 amide bonds. The van der Waals surface area contributed by atoms with Gasteiger partial charge in [-0.1, -0.05) is 23.7 Å². The molecule has 0 unspecified atom stereocenters. The minimum Gasteiger partial charge on any atom is -0.496 e. The lowest BCUT2D eigenvalue weighted by molar-refractivity contribution is 0.414. The van der Waals surface area contributed by atoms with Crippen molar-refractivity contribution in [3.63, 3.8) is 0 Å². The first-order valence-electron chi connectivity index (χ1n) is 5.85. The normalized spacial score (nSPS) is 11.0. The molecule has 0 saturated carbocycles. The highest BCUT2D eigenvalue weighted by Gasteiger charge is 2.06. The largest absolute Gasteiger partial charge is 0.496 e. The molecule has 0 aliphatic heterocycles. The van der Waals surface area contributed by atoms with E-state index < -0.39 is 0 Å². The van der Waals surface area contributed by atoms with E-state index in [4.69, 9.17) is 16.3 Å². The Kier molecular flexibility index (Phi) is 4.39. The highest BCUT2D eigenvalue weighted by atomic mass is 35.5. The van der Waals surface area contributed by atoms with E-state index in [1.165, 1.54) is 12.1 Å². The van der Waals surface area contributed by atoms with Crippen LogP contribution in [0.15, 0.2) is 42.5 Å². The second kappa shape index (κ2) is 6.23. The minimum absolute atomic E-state index is 0.341. The zero-order valence-corrected chi connectivity index (χ0v) is 11.5. The number of hydrogen-bond donors (Lipinski definition) is 0. The summed E-state index contributed by atoms with van der Waals surface area (Å²) >= 11 is 5.95. The molecular formula is C16H11ClFNO. The molecule has 20 heavy (non-hydrogen) atoms. The van der Waals surface area contributed by atoms with Crippen molar-refractivity contribution < 1.29 is 9.13 Å². The molecule has 0 heterocycles. The molecule has 0 aliphatic carbocycles. The maximum atomic E-state index is 12.9. The van der Waals surface area contributed by atoms with Gasteiger partial charge in [0, 0.05) is 10.6 Å². The van der Waals surface area contributed by atoms with E-state index in [1.54, 1.807) is 43.5 Å². The van der Waals surface area contributed by atoms with Gasteiger partial charge in [-0.05, 0) is 42.0 Å². The Hall–Kier alpha value is -2.31. The van der Waals surface area contributed by atoms with Gasteiger partial charge in [-0.3, -0.25) is 0 Å². The fourth-order valence-electron chi connectivity index (χ4n) is 1.78. The lowest BCUT2D eigenvalue weighted by Gasteiger charge is -2.06. The number of hydrogen-bond acceptors (Lipinski definition) is 2. The van der Waals surface area contributed by atoms with Crippen molar-refractivity contribution >= 4 is 23.3 Å². The van der Waals surface area contributed by atoms with Gasteiger partial charge in [0.25, 0.3) is 0 Å². The number of rotatable bonds is 3. The van der Waals surface area contributed by atoms with Crippen molar-refractivity contribution in [3.8, 4) is 11.8 Å². The molecule has 0 N–H and O–H groups in total. The van der Waals surface area contributed by atoms with Crippen molar-refractivity contribution in [2.24, 2.45) is 0 Å². The molecule has 2 rings (SSSR count). The van der Waals surface area contributed by atoms with E-state index in [9.17, 15) is 9.65 Å². The van der Waals surface area contributed by atoms with Gasteiger partial charge in [-0.15, -0.1) is 0 Å². The van der Waals surface area contributed by atoms with Crippen LogP contribution in [-0.4, -0.2) is 7.11 Å². The topological polar surface area (TPSA) is 33.0 Å². The van der Waals surface area contributed by atoms with Crippen LogP contribution in [0.2, 0.25) is 5.02 Å². The molecule has 0 spiro atoms. The first kappa shape index (κ1) is 14.1. The molecule has 4 heteroatoms. The second-order valence-electron chi connectivity index (χ2n) is 4.06. The Bertz CT molecular complexity index is 687. The number of halogens is 2. The van der Waals surface area contributed by atoms with E-state index >= 15 is 0 Å².